The van der Waals surface area contributed by atoms with E-state index in [0.29, 0.717) is 0 Å². The van der Waals surface area contributed by atoms with Crippen LogP contribution < -0.4 is 5.73 Å². The van der Waals surface area contributed by atoms with Gasteiger partial charge < -0.3 is 35.0 Å². The Balaban J connectivity index is 2.01. The summed E-state index contributed by atoms with van der Waals surface area (Å²) in [4.78, 5) is 30.2. The molecule has 1 fully saturated rings. The van der Waals surface area contributed by atoms with Crippen LogP contribution in [0.3, 0.4) is 0 Å². The number of aliphatic hydroxyl groups is 2. The number of ether oxygens (including phenoxy) is 1. The summed E-state index contributed by atoms with van der Waals surface area (Å²) in [6, 6.07) is 0. The van der Waals surface area contributed by atoms with E-state index in [1.165, 1.54) is 12.7 Å². The quantitative estimate of drug-likeness (QED) is 0.292. The van der Waals surface area contributed by atoms with E-state index in [4.69, 9.17) is 21.4 Å². The number of terminal acetylenes is 1. The molecule has 1 aliphatic heterocycles. The molecule has 0 spiro atoms. The van der Waals surface area contributed by atoms with Crippen molar-refractivity contribution in [2.45, 2.75) is 17.4 Å². The molecule has 3 heterocycles. The van der Waals surface area contributed by atoms with Crippen LogP contribution in [0.15, 0.2) is 12.7 Å². The molecule has 3 atom stereocenters. The highest BCUT2D eigenvalue weighted by Crippen LogP contribution is 2.43. The molecule has 0 saturated carbocycles. The lowest BCUT2D eigenvalue weighted by Crippen LogP contribution is -2.52. The smallest absolute Gasteiger partial charge is 0.322 e. The summed E-state index contributed by atoms with van der Waals surface area (Å²) < 4.78 is 11.3. The molecule has 1 saturated heterocycles. The van der Waals surface area contributed by atoms with E-state index in [1.54, 1.807) is 0 Å². The Hall–Kier alpha value is -1.68. The van der Waals surface area contributed by atoms with Gasteiger partial charge in [0.2, 0.25) is 0 Å². The first-order chi connectivity index (χ1) is 11.6. The van der Waals surface area contributed by atoms with Crippen molar-refractivity contribution >= 4 is 35.5 Å². The van der Waals surface area contributed by atoms with Gasteiger partial charge in [0.1, 0.15) is 17.9 Å². The van der Waals surface area contributed by atoms with Gasteiger partial charge in [-0.2, -0.15) is 0 Å². The van der Waals surface area contributed by atoms with Crippen LogP contribution in [0.2, 0.25) is 0 Å². The summed E-state index contributed by atoms with van der Waals surface area (Å²) >= 11 is 4.36. The molecule has 13 heteroatoms. The highest BCUT2D eigenvalue weighted by atomic mass is 32.5. The minimum Gasteiger partial charge on any atom is -0.384 e. The second-order valence-corrected chi connectivity index (χ2v) is 8.08. The number of nitrogen functional groups attached to an aromatic ring is 1. The Kier molecular flexibility index (Phi) is 4.31. The number of fused-ring (bicyclic) bond motifs is 1. The van der Waals surface area contributed by atoms with Crippen molar-refractivity contribution in [2.24, 2.45) is 0 Å². The maximum Gasteiger partial charge on any atom is 0.322 e. The molecular weight excluding hydrogens is 373 g/mol. The Morgan fingerprint density at radius 3 is 2.88 bits per heavy atom. The Morgan fingerprint density at radius 2 is 2.24 bits per heavy atom. The Bertz CT molecular complexity index is 911. The second-order valence-electron chi connectivity index (χ2n) is 5.41. The zero-order valence-electron chi connectivity index (χ0n) is 12.6. The van der Waals surface area contributed by atoms with E-state index < -0.39 is 37.4 Å². The number of nitrogens with two attached hydrogens (primary N) is 1. The summed E-state index contributed by atoms with van der Waals surface area (Å²) in [6.07, 6.45) is 6.08. The summed E-state index contributed by atoms with van der Waals surface area (Å²) in [6.45, 7) is -5.12. The first-order valence-electron chi connectivity index (χ1n) is 6.79. The highest BCUT2D eigenvalue weighted by Gasteiger charge is 2.59. The highest BCUT2D eigenvalue weighted by molar-refractivity contribution is 8.06. The first kappa shape index (κ1) is 18.1. The van der Waals surface area contributed by atoms with Gasteiger partial charge in [0.25, 0.3) is 0 Å². The van der Waals surface area contributed by atoms with E-state index in [-0.39, 0.29) is 17.0 Å². The van der Waals surface area contributed by atoms with Gasteiger partial charge in [0, 0.05) is 0 Å². The van der Waals surface area contributed by atoms with Gasteiger partial charge in [0.15, 0.2) is 22.8 Å². The number of aliphatic hydroxyl groups excluding tert-OH is 1. The first-order valence-corrected chi connectivity index (χ1v) is 9.42. The number of nitrogens with zero attached hydrogens (tertiary/aromatic N) is 4. The summed E-state index contributed by atoms with van der Waals surface area (Å²) in [7, 11) is 0. The van der Waals surface area contributed by atoms with E-state index >= 15 is 0 Å². The van der Waals surface area contributed by atoms with Gasteiger partial charge in [-0.05, 0) is 11.8 Å². The lowest BCUT2D eigenvalue weighted by Gasteiger charge is -2.32. The molecule has 6 N–H and O–H groups in total. The molecule has 0 bridgehead atoms. The number of hydrogen-bond acceptors (Lipinski definition) is 9. The zero-order chi connectivity index (χ0) is 18.5. The molecule has 2 aromatic rings. The van der Waals surface area contributed by atoms with Gasteiger partial charge in [-0.25, -0.2) is 15.0 Å². The maximum atomic E-state index is 11.0. The predicted octanol–water partition coefficient (Wildman–Crippen LogP) is -1.96. The number of imidazole rings is 1. The molecule has 25 heavy (non-hydrogen) atoms. The van der Waals surface area contributed by atoms with Gasteiger partial charge >= 0.3 is 6.72 Å². The van der Waals surface area contributed by atoms with Crippen LogP contribution in [0.25, 0.3) is 11.2 Å². The van der Waals surface area contributed by atoms with Crippen molar-refractivity contribution in [3.63, 3.8) is 0 Å². The second kappa shape index (κ2) is 5.94. The molecule has 134 valence electrons. The van der Waals surface area contributed by atoms with Crippen molar-refractivity contribution in [3.8, 4) is 12.3 Å². The SMILES string of the molecule is C#C[C@]1(COP(O)(O)=S)OCC(O)(n2cnc3c(N)ncnc32)[C@@H]1O. The van der Waals surface area contributed by atoms with E-state index in [2.05, 4.69) is 32.7 Å². The van der Waals surface area contributed by atoms with Crippen LogP contribution in [-0.2, 0) is 26.8 Å². The Morgan fingerprint density at radius 1 is 1.52 bits per heavy atom. The van der Waals surface area contributed by atoms with Crippen LogP contribution in [0, 0.1) is 12.3 Å². The molecule has 2 aromatic heterocycles. The summed E-state index contributed by atoms with van der Waals surface area (Å²) in [5, 5.41) is 21.6. The van der Waals surface area contributed by atoms with Crippen LogP contribution in [0.5, 0.6) is 0 Å². The monoisotopic (exact) mass is 387 g/mol. The van der Waals surface area contributed by atoms with Crippen LogP contribution in [0.4, 0.5) is 5.82 Å². The number of hydrogen-bond donors (Lipinski definition) is 5. The minimum atomic E-state index is -4.04. The molecular formula is C12H14N5O6PS. The number of aromatic nitrogens is 4. The fourth-order valence-corrected chi connectivity index (χ4v) is 3.08. The standard InChI is InChI=1S/C12H14N5O6PS/c1-2-11(3-23-24(20,21)25)10(18)12(19,4-22-11)17-6-16-7-8(13)14-5-15-9(7)17/h1,5-6,10,18-19H,3-4H2,(H2,13,14,15)(H2,20,21,25)/t10-,11-,12?/m1/s1. The molecule has 1 unspecified atom stereocenters. The molecule has 3 rings (SSSR count). The van der Waals surface area contributed by atoms with E-state index in [1.807, 2.05) is 0 Å². The third-order valence-corrected chi connectivity index (χ3v) is 4.67. The third kappa shape index (κ3) is 2.91. The molecule has 0 radical (unpaired) electrons. The number of anilines is 1. The van der Waals surface area contributed by atoms with Gasteiger partial charge in [-0.15, -0.1) is 6.42 Å². The van der Waals surface area contributed by atoms with Crippen molar-refractivity contribution < 1.29 is 29.3 Å². The van der Waals surface area contributed by atoms with Crippen molar-refractivity contribution in [2.75, 3.05) is 18.9 Å². The van der Waals surface area contributed by atoms with Crippen molar-refractivity contribution in [1.82, 2.24) is 19.5 Å². The lowest BCUT2D eigenvalue weighted by atomic mass is 9.93. The molecule has 11 nitrogen and oxygen atoms in total. The predicted molar refractivity (Wildman–Crippen MR) is 88.1 cm³/mol. The lowest BCUT2D eigenvalue weighted by molar-refractivity contribution is -0.117. The van der Waals surface area contributed by atoms with Gasteiger partial charge in [-0.3, -0.25) is 4.57 Å². The van der Waals surface area contributed by atoms with Crippen molar-refractivity contribution in [3.05, 3.63) is 12.7 Å². The van der Waals surface area contributed by atoms with Crippen molar-refractivity contribution in [1.29, 1.82) is 0 Å². The Labute approximate surface area is 146 Å². The summed E-state index contributed by atoms with van der Waals surface area (Å²) in [5.41, 5.74) is 2.16. The fourth-order valence-electron chi connectivity index (χ4n) is 2.57. The fraction of sp³-hybridized carbons (Fsp3) is 0.417. The van der Waals surface area contributed by atoms with Crippen LogP contribution in [0.1, 0.15) is 0 Å². The molecule has 1 aliphatic rings. The normalized spacial score (nSPS) is 29.8. The molecule has 0 aromatic carbocycles. The van der Waals surface area contributed by atoms with Crippen LogP contribution in [-0.4, -0.2) is 64.4 Å². The van der Waals surface area contributed by atoms with Gasteiger partial charge in [-0.1, -0.05) is 5.92 Å². The molecule has 0 amide bonds. The van der Waals surface area contributed by atoms with E-state index in [9.17, 15) is 20.0 Å². The number of rotatable bonds is 4. The van der Waals surface area contributed by atoms with Gasteiger partial charge in [0.05, 0.1) is 19.5 Å². The maximum absolute atomic E-state index is 11.0. The zero-order valence-corrected chi connectivity index (χ0v) is 14.3. The molecule has 0 aliphatic carbocycles. The minimum absolute atomic E-state index is 0.0913. The summed E-state index contributed by atoms with van der Waals surface area (Å²) in [5.74, 6) is 2.27. The topological polar surface area (TPSA) is 169 Å². The van der Waals surface area contributed by atoms with E-state index in [0.717, 1.165) is 4.57 Å². The third-order valence-electron chi connectivity index (χ3n) is 3.89. The average molecular weight is 387 g/mol. The largest absolute Gasteiger partial charge is 0.384 e. The average Bonchev–Trinajstić information content (AvgIpc) is 3.09. The van der Waals surface area contributed by atoms with Crippen LogP contribution >= 0.6 is 6.72 Å².